The number of hydrogen-bond donors (Lipinski definition) is 0. The predicted octanol–water partition coefficient (Wildman–Crippen LogP) is 5.47. The molecule has 0 unspecified atom stereocenters. The molecule has 1 amide bonds. The van der Waals surface area contributed by atoms with Crippen molar-refractivity contribution < 1.29 is 14.3 Å². The van der Waals surface area contributed by atoms with Gasteiger partial charge in [0.1, 0.15) is 6.54 Å². The fourth-order valence-electron chi connectivity index (χ4n) is 3.75. The van der Waals surface area contributed by atoms with Gasteiger partial charge in [-0.05, 0) is 62.2 Å². The van der Waals surface area contributed by atoms with Crippen LogP contribution in [0.4, 0.5) is 5.69 Å². The molecular weight excluding hydrogens is 454 g/mol. The zero-order valence-corrected chi connectivity index (χ0v) is 20.6. The third-order valence-electron chi connectivity index (χ3n) is 5.43. The molecule has 0 atom stereocenters. The number of rotatable bonds is 6. The van der Waals surface area contributed by atoms with Gasteiger partial charge in [0.2, 0.25) is 0 Å². The molecule has 1 aromatic heterocycles. The molecule has 1 aliphatic heterocycles. The van der Waals surface area contributed by atoms with Crippen molar-refractivity contribution in [1.82, 2.24) is 9.47 Å². The minimum absolute atomic E-state index is 0.0959. The molecule has 0 aliphatic carbocycles. The Balaban J connectivity index is 1.72. The molecule has 1 fully saturated rings. The Morgan fingerprint density at radius 3 is 2.76 bits per heavy atom. The van der Waals surface area contributed by atoms with Crippen molar-refractivity contribution >= 4 is 63.2 Å². The molecule has 1 saturated heterocycles. The molecule has 0 spiro atoms. The minimum Gasteiger partial charge on any atom is -0.465 e. The van der Waals surface area contributed by atoms with Gasteiger partial charge in [-0.25, -0.2) is 4.99 Å². The molecular formula is C25H25N3O3S2. The summed E-state index contributed by atoms with van der Waals surface area (Å²) < 4.78 is 7.09. The Hall–Kier alpha value is -2.97. The Bertz CT molecular complexity index is 1290. The van der Waals surface area contributed by atoms with Gasteiger partial charge in [0.25, 0.3) is 5.91 Å². The van der Waals surface area contributed by atoms with Crippen LogP contribution in [0.1, 0.15) is 18.2 Å². The molecule has 2 heterocycles. The number of carbonyl (C=O) groups excluding carboxylic acids is 2. The SMILES string of the molecule is CCOC(=O)Cn1c(C)c(C=C2SC(=Nc3cccc(SC)c3)N(C)C2=O)c2ccccc21. The largest absolute Gasteiger partial charge is 0.465 e. The van der Waals surface area contributed by atoms with E-state index in [1.807, 2.05) is 72.4 Å². The van der Waals surface area contributed by atoms with Gasteiger partial charge in [0.15, 0.2) is 5.17 Å². The van der Waals surface area contributed by atoms with E-state index in [9.17, 15) is 9.59 Å². The lowest BCUT2D eigenvalue weighted by Gasteiger charge is -2.08. The van der Waals surface area contributed by atoms with Crippen molar-refractivity contribution in [2.45, 2.75) is 25.3 Å². The highest BCUT2D eigenvalue weighted by atomic mass is 32.2. The average Bonchev–Trinajstić information content (AvgIpc) is 3.23. The third-order valence-corrected chi connectivity index (χ3v) is 7.21. The molecule has 33 heavy (non-hydrogen) atoms. The van der Waals surface area contributed by atoms with E-state index in [0.29, 0.717) is 16.7 Å². The summed E-state index contributed by atoms with van der Waals surface area (Å²) in [7, 11) is 1.74. The fourth-order valence-corrected chi connectivity index (χ4v) is 5.17. The van der Waals surface area contributed by atoms with Crippen molar-refractivity contribution in [3.05, 3.63) is 64.7 Å². The maximum atomic E-state index is 13.0. The van der Waals surface area contributed by atoms with Gasteiger partial charge in [-0.2, -0.15) is 0 Å². The summed E-state index contributed by atoms with van der Waals surface area (Å²) in [6.07, 6.45) is 3.93. The van der Waals surface area contributed by atoms with E-state index in [1.165, 1.54) is 11.8 Å². The highest BCUT2D eigenvalue weighted by Crippen LogP contribution is 2.36. The van der Waals surface area contributed by atoms with Crippen LogP contribution in [0.25, 0.3) is 17.0 Å². The standard InChI is InChI=1S/C25H25N3O3S2/c1-5-31-23(29)15-28-16(2)20(19-11-6-7-12-21(19)28)14-22-24(30)27(3)25(33-22)26-17-9-8-10-18(13-17)32-4/h6-14H,5,15H2,1-4H3. The molecule has 2 aromatic carbocycles. The lowest BCUT2D eigenvalue weighted by atomic mass is 10.1. The van der Waals surface area contributed by atoms with Gasteiger partial charge in [-0.3, -0.25) is 14.5 Å². The van der Waals surface area contributed by atoms with Crippen LogP contribution in [0.2, 0.25) is 0 Å². The van der Waals surface area contributed by atoms with Crippen molar-refractivity contribution in [2.75, 3.05) is 19.9 Å². The molecule has 6 nitrogen and oxygen atoms in total. The van der Waals surface area contributed by atoms with E-state index in [2.05, 4.69) is 0 Å². The van der Waals surface area contributed by atoms with E-state index in [-0.39, 0.29) is 18.4 Å². The maximum Gasteiger partial charge on any atom is 0.325 e. The quantitative estimate of drug-likeness (QED) is 0.267. The van der Waals surface area contributed by atoms with Crippen LogP contribution in [0.5, 0.6) is 0 Å². The number of hydrogen-bond acceptors (Lipinski definition) is 6. The van der Waals surface area contributed by atoms with Gasteiger partial charge in [-0.15, -0.1) is 11.8 Å². The zero-order valence-electron chi connectivity index (χ0n) is 19.0. The fraction of sp³-hybridized carbons (Fsp3) is 0.240. The van der Waals surface area contributed by atoms with E-state index in [0.717, 1.165) is 32.7 Å². The molecule has 0 bridgehead atoms. The number of aliphatic imine (C=N–C) groups is 1. The van der Waals surface area contributed by atoms with Crippen molar-refractivity contribution in [3.8, 4) is 0 Å². The minimum atomic E-state index is -0.284. The van der Waals surface area contributed by atoms with Crippen molar-refractivity contribution in [3.63, 3.8) is 0 Å². The number of carbonyl (C=O) groups is 2. The van der Waals surface area contributed by atoms with Crippen LogP contribution in [-0.4, -0.2) is 46.4 Å². The van der Waals surface area contributed by atoms with Gasteiger partial charge in [-0.1, -0.05) is 24.3 Å². The number of thioether (sulfide) groups is 2. The highest BCUT2D eigenvalue weighted by Gasteiger charge is 2.31. The van der Waals surface area contributed by atoms with Gasteiger partial charge in [0.05, 0.1) is 17.2 Å². The second-order valence-electron chi connectivity index (χ2n) is 7.48. The number of aromatic nitrogens is 1. The number of likely N-dealkylation sites (N-methyl/N-ethyl adjacent to an activating group) is 1. The van der Waals surface area contributed by atoms with Crippen molar-refractivity contribution in [2.24, 2.45) is 4.99 Å². The number of ether oxygens (including phenoxy) is 1. The number of benzene rings is 2. The smallest absolute Gasteiger partial charge is 0.325 e. The first kappa shape index (κ1) is 23.2. The molecule has 170 valence electrons. The van der Waals surface area contributed by atoms with Crippen LogP contribution in [0, 0.1) is 6.92 Å². The first-order valence-electron chi connectivity index (χ1n) is 10.6. The zero-order chi connectivity index (χ0) is 23.5. The monoisotopic (exact) mass is 479 g/mol. The van der Waals surface area contributed by atoms with Crippen LogP contribution >= 0.6 is 23.5 Å². The second kappa shape index (κ2) is 9.89. The van der Waals surface area contributed by atoms with E-state index in [4.69, 9.17) is 9.73 Å². The number of esters is 1. The summed E-state index contributed by atoms with van der Waals surface area (Å²) in [6.45, 7) is 4.23. The number of para-hydroxylation sites is 1. The Morgan fingerprint density at radius 2 is 2.00 bits per heavy atom. The van der Waals surface area contributed by atoms with E-state index < -0.39 is 0 Å². The first-order chi connectivity index (χ1) is 15.9. The molecule has 4 rings (SSSR count). The Kier molecular flexibility index (Phi) is 6.95. The first-order valence-corrected chi connectivity index (χ1v) is 12.6. The molecule has 0 N–H and O–H groups in total. The summed E-state index contributed by atoms with van der Waals surface area (Å²) in [5, 5.41) is 1.62. The van der Waals surface area contributed by atoms with Crippen LogP contribution in [0.15, 0.2) is 63.3 Å². The van der Waals surface area contributed by atoms with Gasteiger partial charge < -0.3 is 9.30 Å². The van der Waals surface area contributed by atoms with Gasteiger partial charge in [0, 0.05) is 34.1 Å². The van der Waals surface area contributed by atoms with E-state index >= 15 is 0 Å². The molecule has 3 aromatic rings. The van der Waals surface area contributed by atoms with Crippen molar-refractivity contribution in [1.29, 1.82) is 0 Å². The summed E-state index contributed by atoms with van der Waals surface area (Å²) in [5.74, 6) is -0.380. The summed E-state index contributed by atoms with van der Waals surface area (Å²) in [4.78, 5) is 33.2. The maximum absolute atomic E-state index is 13.0. The topological polar surface area (TPSA) is 63.9 Å². The lowest BCUT2D eigenvalue weighted by Crippen LogP contribution is -2.23. The molecule has 0 saturated carbocycles. The van der Waals surface area contributed by atoms with Crippen LogP contribution < -0.4 is 0 Å². The molecule has 1 aliphatic rings. The summed E-state index contributed by atoms with van der Waals surface area (Å²) >= 11 is 3.01. The molecule has 0 radical (unpaired) electrons. The number of amides is 1. The highest BCUT2D eigenvalue weighted by molar-refractivity contribution is 8.18. The van der Waals surface area contributed by atoms with Gasteiger partial charge >= 0.3 is 5.97 Å². The third kappa shape index (κ3) is 4.72. The Labute approximate surface area is 201 Å². The number of nitrogens with zero attached hydrogens (tertiary/aromatic N) is 3. The summed E-state index contributed by atoms with van der Waals surface area (Å²) in [5.41, 5.74) is 3.57. The van der Waals surface area contributed by atoms with E-state index in [1.54, 1.807) is 30.6 Å². The number of amidine groups is 1. The Morgan fingerprint density at radius 1 is 1.21 bits per heavy atom. The normalized spacial score (nSPS) is 16.4. The van der Waals surface area contributed by atoms with Crippen LogP contribution in [0.3, 0.4) is 0 Å². The lowest BCUT2D eigenvalue weighted by molar-refractivity contribution is -0.143. The molecule has 8 heteroatoms. The average molecular weight is 480 g/mol. The summed E-state index contributed by atoms with van der Waals surface area (Å²) in [6, 6.07) is 15.8. The second-order valence-corrected chi connectivity index (χ2v) is 9.37. The predicted molar refractivity (Wildman–Crippen MR) is 137 cm³/mol. The number of fused-ring (bicyclic) bond motifs is 1. The van der Waals surface area contributed by atoms with Crippen LogP contribution in [-0.2, 0) is 20.9 Å².